The van der Waals surface area contributed by atoms with Crippen molar-refractivity contribution in [3.8, 4) is 5.75 Å². The zero-order chi connectivity index (χ0) is 20.4. The van der Waals surface area contributed by atoms with Crippen molar-refractivity contribution >= 4 is 23.6 Å². The molecule has 0 saturated heterocycles. The SMILES string of the molecule is CSCC[C@H](NC(=O)c1ccccc1)C(=O)NCCOc1ccc(C)cc1C. The Bertz CT molecular complexity index is 781. The maximum atomic E-state index is 12.5. The van der Waals surface area contributed by atoms with Crippen LogP contribution in [0.3, 0.4) is 0 Å². The summed E-state index contributed by atoms with van der Waals surface area (Å²) >= 11 is 1.64. The highest BCUT2D eigenvalue weighted by Crippen LogP contribution is 2.18. The third kappa shape index (κ3) is 6.93. The molecule has 2 rings (SSSR count). The van der Waals surface area contributed by atoms with Crippen LogP contribution in [-0.4, -0.2) is 43.0 Å². The molecule has 0 bridgehead atoms. The van der Waals surface area contributed by atoms with Crippen molar-refractivity contribution in [3.63, 3.8) is 0 Å². The van der Waals surface area contributed by atoms with Crippen LogP contribution in [0, 0.1) is 13.8 Å². The monoisotopic (exact) mass is 400 g/mol. The van der Waals surface area contributed by atoms with Crippen LogP contribution in [0.2, 0.25) is 0 Å². The first kappa shape index (κ1) is 21.8. The zero-order valence-electron chi connectivity index (χ0n) is 16.7. The molecule has 0 aliphatic heterocycles. The van der Waals surface area contributed by atoms with Crippen molar-refractivity contribution in [2.24, 2.45) is 0 Å². The summed E-state index contributed by atoms with van der Waals surface area (Å²) in [4.78, 5) is 24.9. The van der Waals surface area contributed by atoms with Gasteiger partial charge in [-0.1, -0.05) is 35.9 Å². The molecule has 2 N–H and O–H groups in total. The number of hydrogen-bond donors (Lipinski definition) is 2. The van der Waals surface area contributed by atoms with Crippen LogP contribution in [0.15, 0.2) is 48.5 Å². The number of ether oxygens (including phenoxy) is 1. The first-order chi connectivity index (χ1) is 13.5. The molecule has 0 aromatic heterocycles. The molecule has 5 nitrogen and oxygen atoms in total. The van der Waals surface area contributed by atoms with Crippen LogP contribution in [-0.2, 0) is 4.79 Å². The van der Waals surface area contributed by atoms with Gasteiger partial charge in [-0.25, -0.2) is 0 Å². The number of nitrogens with one attached hydrogen (secondary N) is 2. The van der Waals surface area contributed by atoms with Crippen LogP contribution in [0.25, 0.3) is 0 Å². The third-order valence-electron chi connectivity index (χ3n) is 4.26. The molecule has 1 atom stereocenters. The Morgan fingerprint density at radius 3 is 2.54 bits per heavy atom. The molecule has 0 heterocycles. The fraction of sp³-hybridized carbons (Fsp3) is 0.364. The van der Waals surface area contributed by atoms with Gasteiger partial charge in [-0.15, -0.1) is 0 Å². The average molecular weight is 401 g/mol. The van der Waals surface area contributed by atoms with E-state index in [1.54, 1.807) is 36.0 Å². The number of benzene rings is 2. The molecule has 0 fully saturated rings. The lowest BCUT2D eigenvalue weighted by molar-refractivity contribution is -0.123. The largest absolute Gasteiger partial charge is 0.491 e. The molecule has 0 unspecified atom stereocenters. The summed E-state index contributed by atoms with van der Waals surface area (Å²) < 4.78 is 5.75. The Morgan fingerprint density at radius 2 is 1.86 bits per heavy atom. The van der Waals surface area contributed by atoms with Gasteiger partial charge < -0.3 is 15.4 Å². The fourth-order valence-corrected chi connectivity index (χ4v) is 3.23. The van der Waals surface area contributed by atoms with E-state index in [9.17, 15) is 9.59 Å². The minimum Gasteiger partial charge on any atom is -0.491 e. The molecule has 2 aromatic carbocycles. The molecule has 150 valence electrons. The lowest BCUT2D eigenvalue weighted by Crippen LogP contribution is -2.47. The predicted octanol–water partition coefficient (Wildman–Crippen LogP) is 3.35. The number of hydrogen-bond acceptors (Lipinski definition) is 4. The lowest BCUT2D eigenvalue weighted by Gasteiger charge is -2.18. The zero-order valence-corrected chi connectivity index (χ0v) is 17.5. The van der Waals surface area contributed by atoms with Crippen LogP contribution >= 0.6 is 11.8 Å². The topological polar surface area (TPSA) is 67.4 Å². The standard InChI is InChI=1S/C22H28N2O3S/c1-16-9-10-20(17(2)15-16)27-13-12-23-22(26)19(11-14-28-3)24-21(25)18-7-5-4-6-8-18/h4-10,15,19H,11-14H2,1-3H3,(H,23,26)(H,24,25)/t19-/m0/s1. The van der Waals surface area contributed by atoms with Gasteiger partial charge in [0.2, 0.25) is 5.91 Å². The second kappa shape index (κ2) is 11.4. The van der Waals surface area contributed by atoms with Crippen molar-refractivity contribution in [1.82, 2.24) is 10.6 Å². The van der Waals surface area contributed by atoms with Crippen LogP contribution in [0.4, 0.5) is 0 Å². The predicted molar refractivity (Wildman–Crippen MR) is 115 cm³/mol. The van der Waals surface area contributed by atoms with Gasteiger partial charge >= 0.3 is 0 Å². The molecular formula is C22H28N2O3S. The molecule has 0 aliphatic carbocycles. The minimum absolute atomic E-state index is 0.192. The Kier molecular flexibility index (Phi) is 8.88. The molecular weight excluding hydrogens is 372 g/mol. The molecule has 6 heteroatoms. The number of carbonyl (C=O) groups excluding carboxylic acids is 2. The Balaban J connectivity index is 1.85. The van der Waals surface area contributed by atoms with E-state index in [1.165, 1.54) is 5.56 Å². The molecule has 0 spiro atoms. The van der Waals surface area contributed by atoms with Crippen LogP contribution in [0.1, 0.15) is 27.9 Å². The van der Waals surface area contributed by atoms with Crippen LogP contribution in [0.5, 0.6) is 5.75 Å². The van der Waals surface area contributed by atoms with E-state index in [2.05, 4.69) is 16.7 Å². The number of amides is 2. The van der Waals surface area contributed by atoms with E-state index in [-0.39, 0.29) is 11.8 Å². The van der Waals surface area contributed by atoms with E-state index >= 15 is 0 Å². The second-order valence-electron chi connectivity index (χ2n) is 6.58. The third-order valence-corrected chi connectivity index (χ3v) is 4.90. The fourth-order valence-electron chi connectivity index (χ4n) is 2.76. The van der Waals surface area contributed by atoms with Gasteiger partial charge in [-0.05, 0) is 56.0 Å². The molecule has 0 saturated carbocycles. The van der Waals surface area contributed by atoms with Crippen molar-refractivity contribution in [2.45, 2.75) is 26.3 Å². The van der Waals surface area contributed by atoms with Gasteiger partial charge in [0.1, 0.15) is 18.4 Å². The van der Waals surface area contributed by atoms with E-state index in [4.69, 9.17) is 4.74 Å². The van der Waals surface area contributed by atoms with Crippen molar-refractivity contribution in [2.75, 3.05) is 25.2 Å². The summed E-state index contributed by atoms with van der Waals surface area (Å²) in [5.41, 5.74) is 2.80. The van der Waals surface area contributed by atoms with Gasteiger partial charge in [0.25, 0.3) is 5.91 Å². The summed E-state index contributed by atoms with van der Waals surface area (Å²) in [6.45, 7) is 4.79. The summed E-state index contributed by atoms with van der Waals surface area (Å²) in [5, 5.41) is 5.70. The van der Waals surface area contributed by atoms with Gasteiger partial charge in [-0.3, -0.25) is 9.59 Å². The van der Waals surface area contributed by atoms with Crippen molar-refractivity contribution < 1.29 is 14.3 Å². The smallest absolute Gasteiger partial charge is 0.251 e. The maximum absolute atomic E-state index is 12.5. The summed E-state index contributed by atoms with van der Waals surface area (Å²) in [7, 11) is 0. The molecule has 28 heavy (non-hydrogen) atoms. The van der Waals surface area contributed by atoms with E-state index in [0.29, 0.717) is 25.1 Å². The first-order valence-electron chi connectivity index (χ1n) is 9.34. The van der Waals surface area contributed by atoms with Crippen LogP contribution < -0.4 is 15.4 Å². The summed E-state index contributed by atoms with van der Waals surface area (Å²) in [5.74, 6) is 1.17. The molecule has 2 aromatic rings. The van der Waals surface area contributed by atoms with E-state index in [0.717, 1.165) is 17.1 Å². The lowest BCUT2D eigenvalue weighted by atomic mass is 10.1. The Morgan fingerprint density at radius 1 is 1.11 bits per heavy atom. The maximum Gasteiger partial charge on any atom is 0.251 e. The Labute approximate surface area is 171 Å². The van der Waals surface area contributed by atoms with Crippen molar-refractivity contribution in [3.05, 3.63) is 65.2 Å². The number of thioether (sulfide) groups is 1. The Hall–Kier alpha value is -2.47. The summed E-state index contributed by atoms with van der Waals surface area (Å²) in [6.07, 6.45) is 2.55. The normalized spacial score (nSPS) is 11.5. The van der Waals surface area contributed by atoms with Gasteiger partial charge in [0.15, 0.2) is 0 Å². The highest BCUT2D eigenvalue weighted by molar-refractivity contribution is 7.98. The number of aryl methyl sites for hydroxylation is 2. The van der Waals surface area contributed by atoms with Gasteiger partial charge in [0.05, 0.1) is 6.54 Å². The van der Waals surface area contributed by atoms with E-state index < -0.39 is 6.04 Å². The number of carbonyl (C=O) groups is 2. The highest BCUT2D eigenvalue weighted by Gasteiger charge is 2.20. The van der Waals surface area contributed by atoms with E-state index in [1.807, 2.05) is 38.3 Å². The van der Waals surface area contributed by atoms with Gasteiger partial charge in [0, 0.05) is 5.56 Å². The minimum atomic E-state index is -0.568. The number of rotatable bonds is 10. The quantitative estimate of drug-likeness (QED) is 0.600. The highest BCUT2D eigenvalue weighted by atomic mass is 32.2. The average Bonchev–Trinajstić information content (AvgIpc) is 2.70. The van der Waals surface area contributed by atoms with Gasteiger partial charge in [-0.2, -0.15) is 11.8 Å². The summed E-state index contributed by atoms with van der Waals surface area (Å²) in [6, 6.07) is 14.4. The molecule has 2 amide bonds. The first-order valence-corrected chi connectivity index (χ1v) is 10.7. The second-order valence-corrected chi connectivity index (χ2v) is 7.57. The van der Waals surface area contributed by atoms with Crippen molar-refractivity contribution in [1.29, 1.82) is 0 Å². The molecule has 0 aliphatic rings. The molecule has 0 radical (unpaired) electrons.